The maximum absolute atomic E-state index is 4.37. The first-order chi connectivity index (χ1) is 8.61. The Morgan fingerprint density at radius 1 is 1.33 bits per heavy atom. The van der Waals surface area contributed by atoms with Crippen molar-refractivity contribution in [3.05, 3.63) is 23.9 Å². The molecular formula is C14H24N4. The quantitative estimate of drug-likeness (QED) is 0.881. The molecule has 2 unspecified atom stereocenters. The molecule has 1 saturated heterocycles. The number of nitrogens with one attached hydrogen (secondary N) is 1. The Hall–Kier alpha value is -1.13. The molecule has 0 radical (unpaired) electrons. The molecule has 2 atom stereocenters. The number of nitrogens with zero attached hydrogens (tertiary/aromatic N) is 3. The average molecular weight is 248 g/mol. The van der Waals surface area contributed by atoms with Crippen molar-refractivity contribution in [3.63, 3.8) is 0 Å². The summed E-state index contributed by atoms with van der Waals surface area (Å²) in [5.74, 6) is 0.997. The highest BCUT2D eigenvalue weighted by atomic mass is 15.3. The molecule has 4 nitrogen and oxygen atoms in total. The zero-order valence-corrected chi connectivity index (χ0v) is 11.8. The summed E-state index contributed by atoms with van der Waals surface area (Å²) in [7, 11) is 4.15. The van der Waals surface area contributed by atoms with E-state index in [1.807, 2.05) is 19.3 Å². The van der Waals surface area contributed by atoms with Crippen LogP contribution in [0.5, 0.6) is 0 Å². The SMILES string of the molecule is CNc1ncccc1CN1CC(C)N(C)C(C)C1. The van der Waals surface area contributed by atoms with Crippen LogP contribution in [0.4, 0.5) is 5.82 Å². The van der Waals surface area contributed by atoms with E-state index in [9.17, 15) is 0 Å². The van der Waals surface area contributed by atoms with Gasteiger partial charge in [-0.05, 0) is 27.0 Å². The van der Waals surface area contributed by atoms with Gasteiger partial charge in [0.1, 0.15) is 5.82 Å². The molecule has 0 bridgehead atoms. The molecule has 1 aliphatic rings. The number of aromatic nitrogens is 1. The van der Waals surface area contributed by atoms with Crippen LogP contribution in [0.3, 0.4) is 0 Å². The van der Waals surface area contributed by atoms with Gasteiger partial charge < -0.3 is 5.32 Å². The standard InChI is InChI=1S/C14H24N4/c1-11-8-18(9-12(2)17(11)4)10-13-6-5-7-16-14(13)15-3/h5-7,11-12H,8-10H2,1-4H3,(H,15,16). The number of hydrogen-bond acceptors (Lipinski definition) is 4. The molecule has 1 aliphatic heterocycles. The fourth-order valence-electron chi connectivity index (χ4n) is 2.68. The first kappa shape index (κ1) is 13.3. The van der Waals surface area contributed by atoms with Gasteiger partial charge in [0.05, 0.1) is 0 Å². The number of piperazine rings is 1. The van der Waals surface area contributed by atoms with Crippen LogP contribution in [0.1, 0.15) is 19.4 Å². The van der Waals surface area contributed by atoms with Crippen molar-refractivity contribution in [2.45, 2.75) is 32.5 Å². The first-order valence-electron chi connectivity index (χ1n) is 6.67. The molecule has 1 aromatic heterocycles. The van der Waals surface area contributed by atoms with E-state index in [0.717, 1.165) is 25.5 Å². The summed E-state index contributed by atoms with van der Waals surface area (Å²) >= 11 is 0. The molecule has 0 spiro atoms. The van der Waals surface area contributed by atoms with Crippen LogP contribution in [-0.4, -0.2) is 54.1 Å². The van der Waals surface area contributed by atoms with Crippen LogP contribution in [0.25, 0.3) is 0 Å². The summed E-state index contributed by atoms with van der Waals surface area (Å²) in [5.41, 5.74) is 1.28. The normalized spacial score (nSPS) is 26.2. The van der Waals surface area contributed by atoms with E-state index in [1.54, 1.807) is 0 Å². The summed E-state index contributed by atoms with van der Waals surface area (Å²) in [6.07, 6.45) is 1.84. The lowest BCUT2D eigenvalue weighted by Gasteiger charge is -2.42. The molecule has 0 aromatic carbocycles. The van der Waals surface area contributed by atoms with Crippen LogP contribution in [0.15, 0.2) is 18.3 Å². The smallest absolute Gasteiger partial charge is 0.130 e. The molecule has 1 fully saturated rings. The highest BCUT2D eigenvalue weighted by Crippen LogP contribution is 2.18. The maximum Gasteiger partial charge on any atom is 0.130 e. The minimum absolute atomic E-state index is 0.614. The first-order valence-corrected chi connectivity index (χ1v) is 6.67. The number of rotatable bonds is 3. The number of likely N-dealkylation sites (N-methyl/N-ethyl adjacent to an activating group) is 1. The molecule has 1 aromatic rings. The summed E-state index contributed by atoms with van der Waals surface area (Å²) in [5, 5.41) is 3.17. The molecule has 2 rings (SSSR count). The summed E-state index contributed by atoms with van der Waals surface area (Å²) in [4.78, 5) is 9.35. The molecule has 100 valence electrons. The van der Waals surface area contributed by atoms with Gasteiger partial charge in [-0.3, -0.25) is 9.80 Å². The Labute approximate surface area is 110 Å². The zero-order chi connectivity index (χ0) is 13.1. The van der Waals surface area contributed by atoms with Gasteiger partial charge in [-0.1, -0.05) is 6.07 Å². The van der Waals surface area contributed by atoms with Crippen molar-refractivity contribution < 1.29 is 0 Å². The fraction of sp³-hybridized carbons (Fsp3) is 0.643. The third kappa shape index (κ3) is 2.82. The molecule has 1 N–H and O–H groups in total. The van der Waals surface area contributed by atoms with Crippen molar-refractivity contribution in [2.24, 2.45) is 0 Å². The fourth-order valence-corrected chi connectivity index (χ4v) is 2.68. The van der Waals surface area contributed by atoms with Gasteiger partial charge in [0.2, 0.25) is 0 Å². The Morgan fingerprint density at radius 2 is 2.00 bits per heavy atom. The predicted molar refractivity (Wildman–Crippen MR) is 75.7 cm³/mol. The summed E-state index contributed by atoms with van der Waals surface area (Å²) in [6, 6.07) is 5.40. The van der Waals surface area contributed by atoms with Crippen molar-refractivity contribution in [1.82, 2.24) is 14.8 Å². The number of hydrogen-bond donors (Lipinski definition) is 1. The van der Waals surface area contributed by atoms with Gasteiger partial charge in [-0.25, -0.2) is 4.98 Å². The third-order valence-electron chi connectivity index (χ3n) is 3.96. The highest BCUT2D eigenvalue weighted by molar-refractivity contribution is 5.42. The average Bonchev–Trinajstić information content (AvgIpc) is 2.36. The molecule has 2 heterocycles. The topological polar surface area (TPSA) is 31.4 Å². The Morgan fingerprint density at radius 3 is 2.61 bits per heavy atom. The largest absolute Gasteiger partial charge is 0.373 e. The van der Waals surface area contributed by atoms with Crippen molar-refractivity contribution >= 4 is 5.82 Å². The second-order valence-electron chi connectivity index (χ2n) is 5.32. The Balaban J connectivity index is 2.05. The maximum atomic E-state index is 4.37. The van der Waals surface area contributed by atoms with Crippen LogP contribution in [0, 0.1) is 0 Å². The zero-order valence-electron chi connectivity index (χ0n) is 11.8. The second kappa shape index (κ2) is 5.67. The van der Waals surface area contributed by atoms with Gasteiger partial charge in [0, 0.05) is 50.5 Å². The predicted octanol–water partition coefficient (Wildman–Crippen LogP) is 1.65. The molecule has 4 heteroatoms. The number of pyridine rings is 1. The molecule has 18 heavy (non-hydrogen) atoms. The van der Waals surface area contributed by atoms with Crippen molar-refractivity contribution in [1.29, 1.82) is 0 Å². The molecule has 0 amide bonds. The minimum Gasteiger partial charge on any atom is -0.373 e. The van der Waals surface area contributed by atoms with Gasteiger partial charge in [0.15, 0.2) is 0 Å². The van der Waals surface area contributed by atoms with E-state index >= 15 is 0 Å². The van der Waals surface area contributed by atoms with Crippen LogP contribution in [-0.2, 0) is 6.54 Å². The monoisotopic (exact) mass is 248 g/mol. The summed E-state index contributed by atoms with van der Waals surface area (Å²) in [6.45, 7) is 7.82. The highest BCUT2D eigenvalue weighted by Gasteiger charge is 2.26. The van der Waals surface area contributed by atoms with Gasteiger partial charge in [-0.2, -0.15) is 0 Å². The molecule has 0 aliphatic carbocycles. The van der Waals surface area contributed by atoms with Crippen LogP contribution < -0.4 is 5.32 Å². The van der Waals surface area contributed by atoms with E-state index in [1.165, 1.54) is 5.56 Å². The van der Waals surface area contributed by atoms with Gasteiger partial charge >= 0.3 is 0 Å². The van der Waals surface area contributed by atoms with Crippen molar-refractivity contribution in [3.8, 4) is 0 Å². The second-order valence-corrected chi connectivity index (χ2v) is 5.32. The van der Waals surface area contributed by atoms with Crippen LogP contribution >= 0.6 is 0 Å². The van der Waals surface area contributed by atoms with Gasteiger partial charge in [-0.15, -0.1) is 0 Å². The van der Waals surface area contributed by atoms with E-state index in [4.69, 9.17) is 0 Å². The van der Waals surface area contributed by atoms with E-state index in [-0.39, 0.29) is 0 Å². The molecule has 0 saturated carbocycles. The minimum atomic E-state index is 0.614. The number of anilines is 1. The Kier molecular flexibility index (Phi) is 4.19. The summed E-state index contributed by atoms with van der Waals surface area (Å²) < 4.78 is 0. The van der Waals surface area contributed by atoms with E-state index in [0.29, 0.717) is 12.1 Å². The van der Waals surface area contributed by atoms with E-state index in [2.05, 4.69) is 47.1 Å². The van der Waals surface area contributed by atoms with Gasteiger partial charge in [0.25, 0.3) is 0 Å². The lowest BCUT2D eigenvalue weighted by atomic mass is 10.1. The van der Waals surface area contributed by atoms with E-state index < -0.39 is 0 Å². The lowest BCUT2D eigenvalue weighted by molar-refractivity contribution is 0.0557. The lowest BCUT2D eigenvalue weighted by Crippen LogP contribution is -2.54. The third-order valence-corrected chi connectivity index (χ3v) is 3.96. The van der Waals surface area contributed by atoms with Crippen molar-refractivity contribution in [2.75, 3.05) is 32.5 Å². The Bertz CT molecular complexity index is 381. The molecular weight excluding hydrogens is 224 g/mol. The van der Waals surface area contributed by atoms with Crippen LogP contribution in [0.2, 0.25) is 0 Å².